The Morgan fingerprint density at radius 2 is 1.60 bits per heavy atom. The molecule has 0 heterocycles. The van der Waals surface area contributed by atoms with E-state index in [4.69, 9.17) is 15.9 Å². The molecule has 56 valence electrons. The lowest BCUT2D eigenvalue weighted by Gasteiger charge is -2.08. The topological polar surface area (TPSA) is 104 Å². The van der Waals surface area contributed by atoms with E-state index in [1.54, 1.807) is 0 Å². The normalized spacial score (nSPS) is 8.40. The van der Waals surface area contributed by atoms with Crippen LogP contribution in [0.25, 0.3) is 0 Å². The zero-order valence-corrected chi connectivity index (χ0v) is 5.46. The van der Waals surface area contributed by atoms with Crippen LogP contribution in [0.3, 0.4) is 0 Å². The molecule has 6 nitrogen and oxygen atoms in total. The summed E-state index contributed by atoms with van der Waals surface area (Å²) >= 11 is 4.11. The van der Waals surface area contributed by atoms with E-state index in [1.165, 1.54) is 0 Å². The van der Waals surface area contributed by atoms with E-state index in [0.717, 1.165) is 0 Å². The van der Waals surface area contributed by atoms with Crippen molar-refractivity contribution >= 4 is 29.5 Å². The van der Waals surface area contributed by atoms with Crippen molar-refractivity contribution in [2.24, 2.45) is 5.73 Å². The Kier molecular flexibility index (Phi) is 2.56. The second kappa shape index (κ2) is 2.97. The van der Waals surface area contributed by atoms with Crippen molar-refractivity contribution < 1.29 is 19.8 Å². The van der Waals surface area contributed by atoms with Gasteiger partial charge in [0.05, 0.1) is 0 Å². The summed E-state index contributed by atoms with van der Waals surface area (Å²) in [6, 6.07) is 0. The Hall–Kier alpha value is -1.37. The lowest BCUT2D eigenvalue weighted by atomic mass is 10.8. The van der Waals surface area contributed by atoms with Crippen LogP contribution in [0.15, 0.2) is 0 Å². The van der Waals surface area contributed by atoms with Crippen LogP contribution < -0.4 is 5.73 Å². The second-order valence-corrected chi connectivity index (χ2v) is 1.66. The first-order valence-corrected chi connectivity index (χ1v) is 2.43. The van der Waals surface area contributed by atoms with Crippen LogP contribution in [-0.4, -0.2) is 32.4 Å². The predicted molar refractivity (Wildman–Crippen MR) is 34.7 cm³/mol. The molecular formula is C3H4N2O4S. The van der Waals surface area contributed by atoms with Crippen molar-refractivity contribution in [1.82, 2.24) is 4.90 Å². The number of thiocarbonyl (C=S) groups is 1. The predicted octanol–water partition coefficient (Wildman–Crippen LogP) is -0.112. The van der Waals surface area contributed by atoms with E-state index in [9.17, 15) is 9.59 Å². The third kappa shape index (κ3) is 1.86. The number of hydrogen-bond acceptors (Lipinski definition) is 3. The molecule has 0 saturated heterocycles. The van der Waals surface area contributed by atoms with Crippen LogP contribution in [0.1, 0.15) is 0 Å². The number of amides is 2. The Bertz CT molecular complexity index is 158. The molecule has 10 heavy (non-hydrogen) atoms. The molecule has 0 spiro atoms. The SMILES string of the molecule is NC(=S)N(C(=O)O)C(=O)O. The highest BCUT2D eigenvalue weighted by Gasteiger charge is 2.21. The molecule has 0 aromatic heterocycles. The van der Waals surface area contributed by atoms with Gasteiger partial charge in [0, 0.05) is 0 Å². The zero-order valence-electron chi connectivity index (χ0n) is 4.64. The van der Waals surface area contributed by atoms with E-state index in [2.05, 4.69) is 12.2 Å². The van der Waals surface area contributed by atoms with Crippen molar-refractivity contribution in [2.45, 2.75) is 0 Å². The number of carbonyl (C=O) groups is 2. The minimum Gasteiger partial charge on any atom is -0.464 e. The number of nitrogens with two attached hydrogens (primary N) is 1. The van der Waals surface area contributed by atoms with Crippen molar-refractivity contribution in [3.63, 3.8) is 0 Å². The summed E-state index contributed by atoms with van der Waals surface area (Å²) in [6.45, 7) is 0. The highest BCUT2D eigenvalue weighted by Crippen LogP contribution is 1.89. The van der Waals surface area contributed by atoms with Crippen LogP contribution in [0.2, 0.25) is 0 Å². The molecule has 0 bridgehead atoms. The minimum atomic E-state index is -1.71. The fourth-order valence-corrected chi connectivity index (χ4v) is 0.427. The second-order valence-electron chi connectivity index (χ2n) is 1.24. The fraction of sp³-hybridized carbons (Fsp3) is 0. The highest BCUT2D eigenvalue weighted by molar-refractivity contribution is 7.80. The molecule has 0 aliphatic heterocycles. The van der Waals surface area contributed by atoms with Gasteiger partial charge in [-0.2, -0.15) is 4.90 Å². The van der Waals surface area contributed by atoms with Crippen molar-refractivity contribution in [3.05, 3.63) is 0 Å². The summed E-state index contributed by atoms with van der Waals surface area (Å²) in [5, 5.41) is 15.5. The van der Waals surface area contributed by atoms with Gasteiger partial charge in [0.2, 0.25) is 0 Å². The van der Waals surface area contributed by atoms with Crippen LogP contribution in [0.4, 0.5) is 9.59 Å². The van der Waals surface area contributed by atoms with E-state index in [-0.39, 0.29) is 4.90 Å². The first-order valence-electron chi connectivity index (χ1n) is 2.02. The molecule has 0 fully saturated rings. The molecule has 0 radical (unpaired) electrons. The summed E-state index contributed by atoms with van der Waals surface area (Å²) in [5.74, 6) is 0. The molecule has 0 rings (SSSR count). The lowest BCUT2D eigenvalue weighted by molar-refractivity contribution is 0.145. The van der Waals surface area contributed by atoms with Gasteiger partial charge >= 0.3 is 12.2 Å². The average molecular weight is 164 g/mol. The molecule has 0 aliphatic carbocycles. The monoisotopic (exact) mass is 164 g/mol. The molecule has 0 unspecified atom stereocenters. The van der Waals surface area contributed by atoms with Gasteiger partial charge in [0.25, 0.3) is 0 Å². The van der Waals surface area contributed by atoms with Gasteiger partial charge in [0.15, 0.2) is 5.11 Å². The smallest absolute Gasteiger partial charge is 0.423 e. The number of rotatable bonds is 0. The largest absolute Gasteiger partial charge is 0.464 e. The van der Waals surface area contributed by atoms with Gasteiger partial charge < -0.3 is 15.9 Å². The summed E-state index contributed by atoms with van der Waals surface area (Å²) in [4.78, 5) is 19.8. The van der Waals surface area contributed by atoms with Crippen molar-refractivity contribution in [1.29, 1.82) is 0 Å². The van der Waals surface area contributed by atoms with E-state index in [0.29, 0.717) is 0 Å². The van der Waals surface area contributed by atoms with Crippen LogP contribution in [0, 0.1) is 0 Å². The van der Waals surface area contributed by atoms with Gasteiger partial charge in [-0.3, -0.25) is 0 Å². The Morgan fingerprint density at radius 3 is 1.60 bits per heavy atom. The zero-order chi connectivity index (χ0) is 8.31. The number of hydrogen-bond donors (Lipinski definition) is 3. The lowest BCUT2D eigenvalue weighted by Crippen LogP contribution is -2.43. The first-order chi connectivity index (χ1) is 4.46. The molecular weight excluding hydrogens is 160 g/mol. The maximum atomic E-state index is 9.96. The van der Waals surface area contributed by atoms with Gasteiger partial charge in [-0.25, -0.2) is 9.59 Å². The Morgan fingerprint density at radius 1 is 1.30 bits per heavy atom. The summed E-state index contributed by atoms with van der Waals surface area (Å²) in [7, 11) is 0. The van der Waals surface area contributed by atoms with Crippen LogP contribution in [0.5, 0.6) is 0 Å². The van der Waals surface area contributed by atoms with Crippen LogP contribution >= 0.6 is 12.2 Å². The molecule has 0 atom stereocenters. The molecule has 0 aromatic carbocycles. The maximum Gasteiger partial charge on any atom is 0.423 e. The van der Waals surface area contributed by atoms with Gasteiger partial charge in [-0.05, 0) is 12.2 Å². The van der Waals surface area contributed by atoms with Gasteiger partial charge in [-0.15, -0.1) is 0 Å². The molecule has 0 saturated carbocycles. The highest BCUT2D eigenvalue weighted by atomic mass is 32.1. The Balaban J connectivity index is 4.43. The number of carboxylic acid groups (broad SMARTS) is 2. The third-order valence-corrected chi connectivity index (χ3v) is 0.786. The number of nitrogens with zero attached hydrogens (tertiary/aromatic N) is 1. The molecule has 0 aliphatic rings. The van der Waals surface area contributed by atoms with Gasteiger partial charge in [-0.1, -0.05) is 0 Å². The molecule has 2 amide bonds. The van der Waals surface area contributed by atoms with Gasteiger partial charge in [0.1, 0.15) is 0 Å². The van der Waals surface area contributed by atoms with E-state index >= 15 is 0 Å². The summed E-state index contributed by atoms with van der Waals surface area (Å²) < 4.78 is 0. The molecule has 7 heteroatoms. The first kappa shape index (κ1) is 8.63. The minimum absolute atomic E-state index is 0.157. The van der Waals surface area contributed by atoms with E-state index in [1.807, 2.05) is 0 Å². The fourth-order valence-electron chi connectivity index (χ4n) is 0.270. The third-order valence-electron chi connectivity index (χ3n) is 0.603. The molecule has 0 aromatic rings. The van der Waals surface area contributed by atoms with Crippen molar-refractivity contribution in [3.8, 4) is 0 Å². The molecule has 4 N–H and O–H groups in total. The standard InChI is InChI=1S/C3H4N2O4S/c4-1(10)5(2(6)7)3(8)9/h(H2,4,10)(H,6,7)(H,8,9). The van der Waals surface area contributed by atoms with Crippen molar-refractivity contribution in [2.75, 3.05) is 0 Å². The summed E-state index contributed by atoms with van der Waals surface area (Å²) in [6.07, 6.45) is -3.42. The average Bonchev–Trinajstić information content (AvgIpc) is 1.59. The van der Waals surface area contributed by atoms with Crippen LogP contribution in [-0.2, 0) is 0 Å². The Labute approximate surface area is 60.8 Å². The number of imide groups is 1. The summed E-state index contributed by atoms with van der Waals surface area (Å²) in [5.41, 5.74) is 4.73. The quantitative estimate of drug-likeness (QED) is 0.431. The van der Waals surface area contributed by atoms with E-state index < -0.39 is 17.3 Å². The maximum absolute atomic E-state index is 9.96.